The van der Waals surface area contributed by atoms with E-state index < -0.39 is 11.4 Å². The molecule has 132 valence electrons. The van der Waals surface area contributed by atoms with Gasteiger partial charge in [0.25, 0.3) is 5.56 Å². The summed E-state index contributed by atoms with van der Waals surface area (Å²) in [4.78, 5) is 35.1. The van der Waals surface area contributed by atoms with Crippen LogP contribution >= 0.6 is 15.9 Å². The van der Waals surface area contributed by atoms with Crippen LogP contribution in [0.2, 0.25) is 0 Å². The zero-order valence-electron chi connectivity index (χ0n) is 13.4. The lowest BCUT2D eigenvalue weighted by atomic mass is 10.2. The standard InChI is InChI=1S/C17H12BrFN4O3/c18-10-5-14-16(20-7-10)26-4-3-23(14)15(24)8-22-9-21-13-2-1-11(19)6-12(13)17(22)25/h1-2,5-7,9H,3-4,8H2. The monoisotopic (exact) mass is 418 g/mol. The van der Waals surface area contributed by atoms with Gasteiger partial charge in [-0.3, -0.25) is 14.2 Å². The first-order valence-corrected chi connectivity index (χ1v) is 8.55. The molecule has 4 rings (SSSR count). The Morgan fingerprint density at radius 3 is 3.00 bits per heavy atom. The van der Waals surface area contributed by atoms with Crippen LogP contribution in [0.4, 0.5) is 10.1 Å². The molecular formula is C17H12BrFN4O3. The van der Waals surface area contributed by atoms with Crippen molar-refractivity contribution >= 4 is 38.4 Å². The first-order chi connectivity index (χ1) is 12.5. The molecule has 1 aromatic carbocycles. The zero-order chi connectivity index (χ0) is 18.3. The number of hydrogen-bond donors (Lipinski definition) is 0. The summed E-state index contributed by atoms with van der Waals surface area (Å²) in [6.07, 6.45) is 2.88. The van der Waals surface area contributed by atoms with E-state index in [1.807, 2.05) is 0 Å². The molecule has 0 aliphatic carbocycles. The highest BCUT2D eigenvalue weighted by Gasteiger charge is 2.25. The summed E-state index contributed by atoms with van der Waals surface area (Å²) in [6.45, 7) is 0.433. The van der Waals surface area contributed by atoms with Crippen molar-refractivity contribution in [1.29, 1.82) is 0 Å². The van der Waals surface area contributed by atoms with Crippen molar-refractivity contribution in [1.82, 2.24) is 14.5 Å². The number of aromatic nitrogens is 3. The predicted molar refractivity (Wildman–Crippen MR) is 95.7 cm³/mol. The van der Waals surface area contributed by atoms with Crippen LogP contribution in [0.5, 0.6) is 5.88 Å². The minimum absolute atomic E-state index is 0.132. The molecule has 1 amide bonds. The van der Waals surface area contributed by atoms with Gasteiger partial charge in [0.15, 0.2) is 0 Å². The minimum Gasteiger partial charge on any atom is -0.474 e. The summed E-state index contributed by atoms with van der Waals surface area (Å²) < 4.78 is 20.8. The van der Waals surface area contributed by atoms with E-state index in [0.717, 1.165) is 6.07 Å². The van der Waals surface area contributed by atoms with Gasteiger partial charge >= 0.3 is 0 Å². The Kier molecular flexibility index (Phi) is 4.15. The number of nitrogens with zero attached hydrogens (tertiary/aromatic N) is 4. The second kappa shape index (κ2) is 6.49. The lowest BCUT2D eigenvalue weighted by molar-refractivity contribution is -0.119. The molecule has 0 fully saturated rings. The van der Waals surface area contributed by atoms with E-state index in [9.17, 15) is 14.0 Å². The summed E-state index contributed by atoms with van der Waals surface area (Å²) in [7, 11) is 0. The Morgan fingerprint density at radius 1 is 1.31 bits per heavy atom. The number of anilines is 1. The molecule has 0 spiro atoms. The lowest BCUT2D eigenvalue weighted by Gasteiger charge is -2.28. The molecule has 9 heteroatoms. The minimum atomic E-state index is -0.529. The molecule has 0 unspecified atom stereocenters. The number of rotatable bonds is 2. The van der Waals surface area contributed by atoms with Crippen molar-refractivity contribution in [2.45, 2.75) is 6.54 Å². The number of amides is 1. The van der Waals surface area contributed by atoms with Gasteiger partial charge in [-0.25, -0.2) is 14.4 Å². The molecule has 0 atom stereocenters. The van der Waals surface area contributed by atoms with E-state index in [2.05, 4.69) is 25.9 Å². The maximum atomic E-state index is 13.4. The average Bonchev–Trinajstić information content (AvgIpc) is 2.64. The molecule has 0 radical (unpaired) electrons. The van der Waals surface area contributed by atoms with Gasteiger partial charge in [0.05, 0.1) is 23.8 Å². The number of carbonyl (C=O) groups excluding carboxylic acids is 1. The van der Waals surface area contributed by atoms with Crippen LogP contribution in [0.1, 0.15) is 0 Å². The number of carbonyl (C=O) groups is 1. The van der Waals surface area contributed by atoms with Gasteiger partial charge < -0.3 is 9.64 Å². The molecule has 2 aromatic heterocycles. The quantitative estimate of drug-likeness (QED) is 0.636. The Bertz CT molecular complexity index is 1090. The fourth-order valence-electron chi connectivity index (χ4n) is 2.81. The maximum absolute atomic E-state index is 13.4. The molecule has 1 aliphatic rings. The van der Waals surface area contributed by atoms with E-state index in [4.69, 9.17) is 4.74 Å². The summed E-state index contributed by atoms with van der Waals surface area (Å²) in [5.41, 5.74) is 0.442. The predicted octanol–water partition coefficient (Wildman–Crippen LogP) is 2.12. The summed E-state index contributed by atoms with van der Waals surface area (Å²) in [6, 6.07) is 5.52. The average molecular weight is 419 g/mol. The van der Waals surface area contributed by atoms with E-state index in [0.29, 0.717) is 34.7 Å². The molecule has 0 N–H and O–H groups in total. The van der Waals surface area contributed by atoms with Gasteiger partial charge in [0.2, 0.25) is 11.8 Å². The molecule has 3 heterocycles. The second-order valence-electron chi connectivity index (χ2n) is 5.71. The highest BCUT2D eigenvalue weighted by Crippen LogP contribution is 2.31. The maximum Gasteiger partial charge on any atom is 0.261 e. The van der Waals surface area contributed by atoms with Gasteiger partial charge in [-0.2, -0.15) is 0 Å². The number of benzene rings is 1. The molecule has 1 aliphatic heterocycles. The van der Waals surface area contributed by atoms with Gasteiger partial charge in [-0.05, 0) is 40.2 Å². The smallest absolute Gasteiger partial charge is 0.261 e. The van der Waals surface area contributed by atoms with Crippen molar-refractivity contribution in [3.05, 3.63) is 57.4 Å². The third-order valence-electron chi connectivity index (χ3n) is 4.04. The van der Waals surface area contributed by atoms with Crippen LogP contribution in [0.3, 0.4) is 0 Å². The Labute approximate surface area is 155 Å². The highest BCUT2D eigenvalue weighted by molar-refractivity contribution is 9.10. The van der Waals surface area contributed by atoms with E-state index in [1.54, 1.807) is 12.3 Å². The largest absolute Gasteiger partial charge is 0.474 e. The first kappa shape index (κ1) is 16.6. The van der Waals surface area contributed by atoms with Crippen molar-refractivity contribution in [2.24, 2.45) is 0 Å². The van der Waals surface area contributed by atoms with Crippen LogP contribution in [-0.4, -0.2) is 33.6 Å². The Morgan fingerprint density at radius 2 is 2.15 bits per heavy atom. The van der Waals surface area contributed by atoms with Crippen molar-refractivity contribution in [2.75, 3.05) is 18.1 Å². The van der Waals surface area contributed by atoms with Crippen LogP contribution in [0.25, 0.3) is 10.9 Å². The highest BCUT2D eigenvalue weighted by atomic mass is 79.9. The molecular weight excluding hydrogens is 407 g/mol. The molecule has 0 saturated carbocycles. The lowest BCUT2D eigenvalue weighted by Crippen LogP contribution is -2.41. The van der Waals surface area contributed by atoms with Crippen LogP contribution in [-0.2, 0) is 11.3 Å². The SMILES string of the molecule is O=C(Cn1cnc2ccc(F)cc2c1=O)N1CCOc2ncc(Br)cc21. The summed E-state index contributed by atoms with van der Waals surface area (Å²) >= 11 is 3.32. The Balaban J connectivity index is 1.68. The van der Waals surface area contributed by atoms with Crippen molar-refractivity contribution in [3.63, 3.8) is 0 Å². The number of halogens is 2. The molecule has 7 nitrogen and oxygen atoms in total. The number of ether oxygens (including phenoxy) is 1. The Hall–Kier alpha value is -2.81. The third kappa shape index (κ3) is 2.94. The van der Waals surface area contributed by atoms with Gasteiger partial charge in [-0.1, -0.05) is 0 Å². The molecule has 26 heavy (non-hydrogen) atoms. The normalized spacial score (nSPS) is 13.4. The molecule has 3 aromatic rings. The molecule has 0 saturated heterocycles. The number of pyridine rings is 1. The fraction of sp³-hybridized carbons (Fsp3) is 0.176. The fourth-order valence-corrected chi connectivity index (χ4v) is 3.13. The van der Waals surface area contributed by atoms with E-state index >= 15 is 0 Å². The van der Waals surface area contributed by atoms with Crippen molar-refractivity contribution < 1.29 is 13.9 Å². The number of hydrogen-bond acceptors (Lipinski definition) is 5. The first-order valence-electron chi connectivity index (χ1n) is 7.76. The van der Waals surface area contributed by atoms with Gasteiger partial charge in [0.1, 0.15) is 24.7 Å². The summed E-state index contributed by atoms with van der Waals surface area (Å²) in [5.74, 6) is -0.480. The zero-order valence-corrected chi connectivity index (χ0v) is 14.9. The summed E-state index contributed by atoms with van der Waals surface area (Å²) in [5, 5.41) is 0.132. The second-order valence-corrected chi connectivity index (χ2v) is 6.63. The van der Waals surface area contributed by atoms with Crippen LogP contribution in [0.15, 0.2) is 46.1 Å². The van der Waals surface area contributed by atoms with E-state index in [-0.39, 0.29) is 17.8 Å². The molecule has 0 bridgehead atoms. The van der Waals surface area contributed by atoms with Crippen molar-refractivity contribution in [3.8, 4) is 5.88 Å². The topological polar surface area (TPSA) is 77.3 Å². The van der Waals surface area contributed by atoms with Crippen LogP contribution in [0, 0.1) is 5.82 Å². The van der Waals surface area contributed by atoms with Crippen LogP contribution < -0.4 is 15.2 Å². The van der Waals surface area contributed by atoms with E-state index in [1.165, 1.54) is 27.9 Å². The third-order valence-corrected chi connectivity index (χ3v) is 4.47. The van der Waals surface area contributed by atoms with Gasteiger partial charge in [-0.15, -0.1) is 0 Å². The van der Waals surface area contributed by atoms with Gasteiger partial charge in [0, 0.05) is 10.7 Å². The number of fused-ring (bicyclic) bond motifs is 2.